The molecule has 5 heteroatoms. The lowest BCUT2D eigenvalue weighted by Crippen LogP contribution is -2.35. The monoisotopic (exact) mass is 303 g/mol. The second kappa shape index (κ2) is 4.60. The van der Waals surface area contributed by atoms with E-state index in [1.54, 1.807) is 4.90 Å². The highest BCUT2D eigenvalue weighted by Crippen LogP contribution is 2.45. The first-order chi connectivity index (χ1) is 9.87. The second-order valence-corrected chi connectivity index (χ2v) is 6.56. The van der Waals surface area contributed by atoms with E-state index in [-0.39, 0.29) is 17.8 Å². The minimum atomic E-state index is -0.735. The van der Waals surface area contributed by atoms with Crippen LogP contribution in [0.4, 0.5) is 0 Å². The molecule has 1 amide bonds. The lowest BCUT2D eigenvalue weighted by atomic mass is 9.87. The number of nitrogens with zero attached hydrogens (tertiary/aromatic N) is 1. The Balaban J connectivity index is 2.04. The molecule has 21 heavy (non-hydrogen) atoms. The van der Waals surface area contributed by atoms with Gasteiger partial charge in [-0.1, -0.05) is 17.7 Å². The Morgan fingerprint density at radius 1 is 1.48 bits per heavy atom. The summed E-state index contributed by atoms with van der Waals surface area (Å²) in [5, 5.41) is 9.04. The second-order valence-electron chi connectivity index (χ2n) is 6.13. The Bertz CT molecular complexity index is 678. The number of nitrogens with two attached hydrogens (primary N) is 1. The number of hydrogen-bond donors (Lipinski definition) is 2. The van der Waals surface area contributed by atoms with E-state index < -0.39 is 5.41 Å². The quantitative estimate of drug-likeness (QED) is 0.837. The summed E-state index contributed by atoms with van der Waals surface area (Å²) >= 11 is 6.03. The van der Waals surface area contributed by atoms with Crippen molar-refractivity contribution in [3.8, 4) is 0 Å². The molecule has 3 rings (SSSR count). The van der Waals surface area contributed by atoms with Gasteiger partial charge >= 0.3 is 0 Å². The molecular weight excluding hydrogens is 286 g/mol. The number of carbonyl (C=O) groups excluding carboxylic acids is 1. The minimum Gasteiger partial charge on any atom is -0.404 e. The van der Waals surface area contributed by atoms with E-state index in [1.165, 1.54) is 6.20 Å². The maximum absolute atomic E-state index is 12.7. The molecule has 1 aliphatic heterocycles. The zero-order chi connectivity index (χ0) is 15.4. The van der Waals surface area contributed by atoms with Crippen LogP contribution in [0, 0.1) is 10.8 Å². The fourth-order valence-electron chi connectivity index (χ4n) is 3.36. The predicted octanol–water partition coefficient (Wildman–Crippen LogP) is 3.02. The molecule has 1 aliphatic carbocycles. The van der Waals surface area contributed by atoms with Crippen LogP contribution in [0.25, 0.3) is 0 Å². The van der Waals surface area contributed by atoms with Crippen molar-refractivity contribution in [2.24, 2.45) is 11.1 Å². The molecule has 0 spiro atoms. The summed E-state index contributed by atoms with van der Waals surface area (Å²) in [4.78, 5) is 14.3. The highest BCUT2D eigenvalue weighted by molar-refractivity contribution is 6.30. The third kappa shape index (κ3) is 1.89. The van der Waals surface area contributed by atoms with Crippen molar-refractivity contribution in [2.45, 2.75) is 32.7 Å². The Morgan fingerprint density at radius 2 is 2.19 bits per heavy atom. The van der Waals surface area contributed by atoms with E-state index >= 15 is 0 Å². The van der Waals surface area contributed by atoms with Gasteiger partial charge in [-0.25, -0.2) is 0 Å². The summed E-state index contributed by atoms with van der Waals surface area (Å²) in [7, 11) is 0. The van der Waals surface area contributed by atoms with Crippen LogP contribution in [-0.4, -0.2) is 16.6 Å². The molecular formula is C16H18ClN3O. The third-order valence-electron chi connectivity index (χ3n) is 4.55. The van der Waals surface area contributed by atoms with Crippen LogP contribution in [0.15, 0.2) is 30.0 Å². The number of nitrogens with one attached hydrogen (secondary N) is 1. The van der Waals surface area contributed by atoms with E-state index in [9.17, 15) is 4.79 Å². The highest BCUT2D eigenvalue weighted by atomic mass is 35.5. The molecule has 0 bridgehead atoms. The number of hydrogen-bond acceptors (Lipinski definition) is 3. The average Bonchev–Trinajstić information content (AvgIpc) is 2.88. The normalized spacial score (nSPS) is 25.8. The number of benzene rings is 1. The van der Waals surface area contributed by atoms with Crippen molar-refractivity contribution in [1.82, 2.24) is 4.90 Å². The molecule has 110 valence electrons. The Labute approximate surface area is 129 Å². The number of amidine groups is 1. The summed E-state index contributed by atoms with van der Waals surface area (Å²) in [6.45, 7) is 3.64. The molecule has 1 aromatic carbocycles. The molecule has 2 aliphatic rings. The van der Waals surface area contributed by atoms with Crippen LogP contribution in [0.5, 0.6) is 0 Å². The number of likely N-dealkylation sites (tertiary alicyclic amines) is 1. The van der Waals surface area contributed by atoms with E-state index in [0.29, 0.717) is 10.6 Å². The van der Waals surface area contributed by atoms with Crippen LogP contribution < -0.4 is 5.73 Å². The maximum atomic E-state index is 12.7. The Morgan fingerprint density at radius 3 is 2.81 bits per heavy atom. The van der Waals surface area contributed by atoms with Gasteiger partial charge in [-0.15, -0.1) is 0 Å². The summed E-state index contributed by atoms with van der Waals surface area (Å²) in [5.41, 5.74) is 7.75. The summed E-state index contributed by atoms with van der Waals surface area (Å²) in [6, 6.07) is 5.67. The van der Waals surface area contributed by atoms with E-state index in [0.717, 1.165) is 24.0 Å². The summed E-state index contributed by atoms with van der Waals surface area (Å²) in [5.74, 6) is 0.164. The molecule has 3 N–H and O–H groups in total. The first-order valence-corrected chi connectivity index (χ1v) is 7.39. The molecule has 1 atom stereocenters. The Kier molecular flexibility index (Phi) is 3.10. The van der Waals surface area contributed by atoms with Gasteiger partial charge in [-0.3, -0.25) is 15.1 Å². The molecule has 4 nitrogen and oxygen atoms in total. The summed E-state index contributed by atoms with van der Waals surface area (Å²) in [6.07, 6.45) is 3.08. The van der Waals surface area contributed by atoms with Gasteiger partial charge in [0.15, 0.2) is 0 Å². The topological polar surface area (TPSA) is 70.2 Å². The van der Waals surface area contributed by atoms with Gasteiger partial charge < -0.3 is 5.73 Å². The van der Waals surface area contributed by atoms with E-state index in [1.807, 2.05) is 32.0 Å². The molecule has 0 saturated carbocycles. The molecule has 1 heterocycles. The minimum absolute atomic E-state index is 0.0583. The van der Waals surface area contributed by atoms with Gasteiger partial charge in [0.1, 0.15) is 5.84 Å². The van der Waals surface area contributed by atoms with E-state index in [2.05, 4.69) is 0 Å². The fraction of sp³-hybridized carbons (Fsp3) is 0.375. The summed E-state index contributed by atoms with van der Waals surface area (Å²) < 4.78 is 0. The number of amides is 1. The number of rotatable bonds is 1. The molecule has 1 fully saturated rings. The molecule has 0 radical (unpaired) electrons. The number of carbonyl (C=O) groups is 1. The maximum Gasteiger partial charge on any atom is 0.239 e. The van der Waals surface area contributed by atoms with Crippen LogP contribution in [0.1, 0.15) is 37.4 Å². The third-order valence-corrected chi connectivity index (χ3v) is 4.79. The smallest absolute Gasteiger partial charge is 0.239 e. The van der Waals surface area contributed by atoms with Crippen molar-refractivity contribution in [3.05, 3.63) is 46.1 Å². The molecule has 1 saturated heterocycles. The van der Waals surface area contributed by atoms with Crippen molar-refractivity contribution in [1.29, 1.82) is 5.41 Å². The van der Waals surface area contributed by atoms with Crippen molar-refractivity contribution >= 4 is 23.3 Å². The van der Waals surface area contributed by atoms with Crippen LogP contribution in [0.3, 0.4) is 0 Å². The molecule has 1 unspecified atom stereocenters. The number of halogens is 1. The van der Waals surface area contributed by atoms with Gasteiger partial charge in [0.2, 0.25) is 5.91 Å². The lowest BCUT2D eigenvalue weighted by molar-refractivity contribution is -0.133. The first kappa shape index (κ1) is 14.1. The lowest BCUT2D eigenvalue weighted by Gasteiger charge is -2.25. The predicted molar refractivity (Wildman–Crippen MR) is 83.1 cm³/mol. The SMILES string of the molecule is CC1(C)C(=O)N(C2CCc3cc(Cl)ccc32)C(=N)/C1=C\N. The van der Waals surface area contributed by atoms with Gasteiger partial charge in [-0.05, 0) is 49.9 Å². The molecule has 0 aromatic heterocycles. The van der Waals surface area contributed by atoms with Gasteiger partial charge in [0, 0.05) is 16.8 Å². The zero-order valence-corrected chi connectivity index (χ0v) is 12.9. The zero-order valence-electron chi connectivity index (χ0n) is 12.1. The van der Waals surface area contributed by atoms with Gasteiger partial charge in [0.25, 0.3) is 0 Å². The van der Waals surface area contributed by atoms with Crippen LogP contribution in [0.2, 0.25) is 5.02 Å². The molecule has 1 aromatic rings. The fourth-order valence-corrected chi connectivity index (χ4v) is 3.55. The number of fused-ring (bicyclic) bond motifs is 1. The van der Waals surface area contributed by atoms with Gasteiger partial charge in [0.05, 0.1) is 11.5 Å². The van der Waals surface area contributed by atoms with Crippen molar-refractivity contribution < 1.29 is 4.79 Å². The number of aryl methyl sites for hydroxylation is 1. The average molecular weight is 304 g/mol. The highest BCUT2D eigenvalue weighted by Gasteiger charge is 2.50. The standard InChI is InChI=1S/C16H18ClN3O/c1-16(2)12(8-18)14(19)20(15(16)21)13-6-3-9-7-10(17)4-5-11(9)13/h4-5,7-8,13,19H,3,6,18H2,1-2H3/b12-8+,19-14?. The largest absolute Gasteiger partial charge is 0.404 e. The van der Waals surface area contributed by atoms with Crippen molar-refractivity contribution in [3.63, 3.8) is 0 Å². The van der Waals surface area contributed by atoms with E-state index in [4.69, 9.17) is 22.7 Å². The Hall–Kier alpha value is -1.81. The van der Waals surface area contributed by atoms with Crippen LogP contribution >= 0.6 is 11.6 Å². The van der Waals surface area contributed by atoms with Crippen molar-refractivity contribution in [2.75, 3.05) is 0 Å². The first-order valence-electron chi connectivity index (χ1n) is 7.01. The van der Waals surface area contributed by atoms with Crippen LogP contribution in [-0.2, 0) is 11.2 Å². The van der Waals surface area contributed by atoms with Gasteiger partial charge in [-0.2, -0.15) is 0 Å².